The van der Waals surface area contributed by atoms with Crippen LogP contribution in [-0.2, 0) is 21.1 Å². The molecule has 17 heavy (non-hydrogen) atoms. The van der Waals surface area contributed by atoms with Crippen molar-refractivity contribution in [3.63, 3.8) is 0 Å². The van der Waals surface area contributed by atoms with Crippen LogP contribution >= 0.6 is 0 Å². The highest BCUT2D eigenvalue weighted by atomic mass is 32.2. The van der Waals surface area contributed by atoms with E-state index in [4.69, 9.17) is 5.73 Å². The molecule has 0 spiro atoms. The molecule has 0 amide bonds. The van der Waals surface area contributed by atoms with Gasteiger partial charge in [-0.2, -0.15) is 0 Å². The Morgan fingerprint density at radius 3 is 2.18 bits per heavy atom. The van der Waals surface area contributed by atoms with Gasteiger partial charge in [-0.25, -0.2) is 8.42 Å². The predicted octanol–water partition coefficient (Wildman–Crippen LogP) is 1.96. The lowest BCUT2D eigenvalue weighted by molar-refractivity contribution is 0.461. The Morgan fingerprint density at radius 1 is 1.18 bits per heavy atom. The smallest absolute Gasteiger partial charge is 0.151 e. The van der Waals surface area contributed by atoms with Crippen LogP contribution in [0.5, 0.6) is 0 Å². The molecule has 1 aromatic rings. The zero-order valence-electron chi connectivity index (χ0n) is 10.1. The molecular formula is C13H19NO2S. The molecule has 3 nitrogen and oxygen atoms in total. The Labute approximate surface area is 103 Å². The highest BCUT2D eigenvalue weighted by molar-refractivity contribution is 7.89. The summed E-state index contributed by atoms with van der Waals surface area (Å²) in [5, 5.41) is 0. The molecule has 4 heteroatoms. The maximum Gasteiger partial charge on any atom is 0.151 e. The molecule has 0 atom stereocenters. The molecule has 0 aromatic heterocycles. The lowest BCUT2D eigenvalue weighted by atomic mass is 9.89. The van der Waals surface area contributed by atoms with E-state index in [2.05, 4.69) is 0 Å². The molecule has 2 rings (SSSR count). The molecule has 1 saturated carbocycles. The fourth-order valence-electron chi connectivity index (χ4n) is 2.53. The Bertz CT molecular complexity index is 485. The predicted molar refractivity (Wildman–Crippen MR) is 69.3 cm³/mol. The molecule has 1 aliphatic carbocycles. The van der Waals surface area contributed by atoms with Gasteiger partial charge in [-0.3, -0.25) is 0 Å². The van der Waals surface area contributed by atoms with E-state index in [1.54, 1.807) is 0 Å². The number of hydrogen-bond acceptors (Lipinski definition) is 3. The van der Waals surface area contributed by atoms with E-state index in [1.165, 1.54) is 19.1 Å². The van der Waals surface area contributed by atoms with Crippen LogP contribution in [0.2, 0.25) is 0 Å². The summed E-state index contributed by atoms with van der Waals surface area (Å²) in [5.41, 5.74) is 8.11. The molecule has 1 fully saturated rings. The SMILES string of the molecule is CS(=O)(=O)Cc1ccc(C2(N)CCCC2)cc1. The van der Waals surface area contributed by atoms with E-state index in [-0.39, 0.29) is 11.3 Å². The van der Waals surface area contributed by atoms with Gasteiger partial charge in [0.2, 0.25) is 0 Å². The van der Waals surface area contributed by atoms with Crippen molar-refractivity contribution >= 4 is 9.84 Å². The van der Waals surface area contributed by atoms with Crippen LogP contribution in [-0.4, -0.2) is 14.7 Å². The lowest BCUT2D eigenvalue weighted by Gasteiger charge is -2.24. The normalized spacial score (nSPS) is 19.4. The average Bonchev–Trinajstić information content (AvgIpc) is 2.65. The molecule has 1 aliphatic rings. The molecule has 1 aromatic carbocycles. The molecule has 0 bridgehead atoms. The quantitative estimate of drug-likeness (QED) is 0.895. The Hall–Kier alpha value is -0.870. The summed E-state index contributed by atoms with van der Waals surface area (Å²) in [5.74, 6) is 0.102. The summed E-state index contributed by atoms with van der Waals surface area (Å²) >= 11 is 0. The number of nitrogens with two attached hydrogens (primary N) is 1. The Morgan fingerprint density at radius 2 is 1.71 bits per heavy atom. The Balaban J connectivity index is 2.18. The summed E-state index contributed by atoms with van der Waals surface area (Å²) in [6, 6.07) is 7.71. The second-order valence-corrected chi connectivity index (χ2v) is 7.27. The van der Waals surface area contributed by atoms with Crippen molar-refractivity contribution in [2.45, 2.75) is 37.0 Å². The van der Waals surface area contributed by atoms with Crippen LogP contribution in [0.25, 0.3) is 0 Å². The van der Waals surface area contributed by atoms with Gasteiger partial charge in [0.1, 0.15) is 0 Å². The highest BCUT2D eigenvalue weighted by Gasteiger charge is 2.30. The van der Waals surface area contributed by atoms with Gasteiger partial charge in [-0.15, -0.1) is 0 Å². The standard InChI is InChI=1S/C13H19NO2S/c1-17(15,16)10-11-4-6-12(7-5-11)13(14)8-2-3-9-13/h4-7H,2-3,8-10,14H2,1H3. The minimum atomic E-state index is -2.96. The minimum Gasteiger partial charge on any atom is -0.321 e. The third-order valence-corrected chi connectivity index (χ3v) is 4.31. The molecule has 0 aliphatic heterocycles. The van der Waals surface area contributed by atoms with Crippen LogP contribution in [0.4, 0.5) is 0 Å². The van der Waals surface area contributed by atoms with Crippen molar-refractivity contribution in [2.75, 3.05) is 6.26 Å². The van der Waals surface area contributed by atoms with Crippen LogP contribution in [0.1, 0.15) is 36.8 Å². The van der Waals surface area contributed by atoms with Crippen molar-refractivity contribution in [2.24, 2.45) is 5.73 Å². The first-order valence-electron chi connectivity index (χ1n) is 5.95. The number of benzene rings is 1. The third-order valence-electron chi connectivity index (χ3n) is 3.45. The fourth-order valence-corrected chi connectivity index (χ4v) is 3.33. The van der Waals surface area contributed by atoms with E-state index < -0.39 is 9.84 Å². The average molecular weight is 253 g/mol. The Kier molecular flexibility index (Phi) is 3.27. The number of rotatable bonds is 3. The molecule has 0 unspecified atom stereocenters. The first-order chi connectivity index (χ1) is 7.89. The van der Waals surface area contributed by atoms with Gasteiger partial charge in [-0.1, -0.05) is 37.1 Å². The van der Waals surface area contributed by atoms with Gasteiger partial charge in [0.15, 0.2) is 9.84 Å². The van der Waals surface area contributed by atoms with Crippen molar-refractivity contribution in [3.8, 4) is 0 Å². The summed E-state index contributed by atoms with van der Waals surface area (Å²) in [6.07, 6.45) is 5.67. The zero-order chi connectivity index (χ0) is 12.5. The van der Waals surface area contributed by atoms with Crippen LogP contribution in [0.3, 0.4) is 0 Å². The van der Waals surface area contributed by atoms with Gasteiger partial charge in [0.05, 0.1) is 5.75 Å². The van der Waals surface area contributed by atoms with Gasteiger partial charge in [-0.05, 0) is 24.0 Å². The third kappa shape index (κ3) is 3.07. The van der Waals surface area contributed by atoms with E-state index in [0.29, 0.717) is 0 Å². The van der Waals surface area contributed by atoms with Crippen molar-refractivity contribution in [1.82, 2.24) is 0 Å². The summed E-state index contributed by atoms with van der Waals surface area (Å²) in [4.78, 5) is 0. The minimum absolute atomic E-state index is 0.102. The molecule has 0 radical (unpaired) electrons. The second-order valence-electron chi connectivity index (χ2n) is 5.13. The maximum atomic E-state index is 11.2. The number of sulfone groups is 1. The lowest BCUT2D eigenvalue weighted by Crippen LogP contribution is -2.32. The van der Waals surface area contributed by atoms with E-state index in [9.17, 15) is 8.42 Å². The van der Waals surface area contributed by atoms with Crippen molar-refractivity contribution in [1.29, 1.82) is 0 Å². The van der Waals surface area contributed by atoms with Gasteiger partial charge >= 0.3 is 0 Å². The zero-order valence-corrected chi connectivity index (χ0v) is 11.0. The van der Waals surface area contributed by atoms with Crippen LogP contribution in [0, 0.1) is 0 Å². The fraction of sp³-hybridized carbons (Fsp3) is 0.538. The highest BCUT2D eigenvalue weighted by Crippen LogP contribution is 2.36. The van der Waals surface area contributed by atoms with Gasteiger partial charge in [0.25, 0.3) is 0 Å². The van der Waals surface area contributed by atoms with Crippen molar-refractivity contribution < 1.29 is 8.42 Å². The van der Waals surface area contributed by atoms with Crippen LogP contribution in [0.15, 0.2) is 24.3 Å². The summed E-state index contributed by atoms with van der Waals surface area (Å²) < 4.78 is 22.4. The largest absolute Gasteiger partial charge is 0.321 e. The summed E-state index contributed by atoms with van der Waals surface area (Å²) in [6.45, 7) is 0. The van der Waals surface area contributed by atoms with E-state index in [1.807, 2.05) is 24.3 Å². The van der Waals surface area contributed by atoms with E-state index >= 15 is 0 Å². The van der Waals surface area contributed by atoms with Gasteiger partial charge in [0, 0.05) is 11.8 Å². The topological polar surface area (TPSA) is 60.2 Å². The first-order valence-corrected chi connectivity index (χ1v) is 8.01. The second kappa shape index (κ2) is 4.42. The molecule has 2 N–H and O–H groups in total. The van der Waals surface area contributed by atoms with Gasteiger partial charge < -0.3 is 5.73 Å². The number of hydrogen-bond donors (Lipinski definition) is 1. The first kappa shape index (κ1) is 12.6. The van der Waals surface area contributed by atoms with Crippen molar-refractivity contribution in [3.05, 3.63) is 35.4 Å². The van der Waals surface area contributed by atoms with E-state index in [0.717, 1.165) is 24.0 Å². The maximum absolute atomic E-state index is 11.2. The molecule has 94 valence electrons. The molecule has 0 saturated heterocycles. The van der Waals surface area contributed by atoms with Crippen LogP contribution < -0.4 is 5.73 Å². The molecular weight excluding hydrogens is 234 g/mol. The molecule has 0 heterocycles. The monoisotopic (exact) mass is 253 g/mol. The summed E-state index contributed by atoms with van der Waals surface area (Å²) in [7, 11) is -2.96.